The Labute approximate surface area is 132 Å². The van der Waals surface area contributed by atoms with Gasteiger partial charge in [0.05, 0.1) is 6.20 Å². The van der Waals surface area contributed by atoms with Gasteiger partial charge in [-0.05, 0) is 12.1 Å². The lowest BCUT2D eigenvalue weighted by Gasteiger charge is -2.04. The Morgan fingerprint density at radius 3 is 2.61 bits per heavy atom. The number of nitrogens with zero attached hydrogens (tertiary/aromatic N) is 2. The molecule has 5 heteroatoms. The van der Waals surface area contributed by atoms with E-state index in [0.29, 0.717) is 6.54 Å². The largest absolute Gasteiger partial charge is 0.418 e. The van der Waals surface area contributed by atoms with Crippen LogP contribution in [0, 0.1) is 5.82 Å². The van der Waals surface area contributed by atoms with Crippen LogP contribution in [0.5, 0.6) is 5.75 Å². The van der Waals surface area contributed by atoms with Gasteiger partial charge in [0.25, 0.3) is 0 Å². The SMILES string of the molecule is O=C(Oc1ccccc1F)c1c[n+](Cc2ccccc2)ccn1. The number of aromatic nitrogens is 2. The summed E-state index contributed by atoms with van der Waals surface area (Å²) in [5.41, 5.74) is 1.21. The number of ether oxygens (including phenoxy) is 1. The fourth-order valence-corrected chi connectivity index (χ4v) is 2.11. The Kier molecular flexibility index (Phi) is 4.38. The lowest BCUT2D eigenvalue weighted by Crippen LogP contribution is -2.35. The summed E-state index contributed by atoms with van der Waals surface area (Å²) in [5.74, 6) is -1.40. The molecule has 114 valence electrons. The monoisotopic (exact) mass is 309 g/mol. The first-order chi connectivity index (χ1) is 11.2. The highest BCUT2D eigenvalue weighted by Gasteiger charge is 2.16. The fourth-order valence-electron chi connectivity index (χ4n) is 2.11. The summed E-state index contributed by atoms with van der Waals surface area (Å²) in [6.07, 6.45) is 4.85. The predicted molar refractivity (Wildman–Crippen MR) is 81.3 cm³/mol. The highest BCUT2D eigenvalue weighted by atomic mass is 19.1. The number of rotatable bonds is 4. The molecule has 0 saturated heterocycles. The van der Waals surface area contributed by atoms with E-state index in [-0.39, 0.29) is 11.4 Å². The predicted octanol–water partition coefficient (Wildman–Crippen LogP) is 2.78. The minimum absolute atomic E-state index is 0.113. The van der Waals surface area contributed by atoms with Gasteiger partial charge in [-0.15, -0.1) is 0 Å². The van der Waals surface area contributed by atoms with Crippen LogP contribution in [-0.4, -0.2) is 11.0 Å². The van der Waals surface area contributed by atoms with Gasteiger partial charge in [-0.1, -0.05) is 42.5 Å². The second kappa shape index (κ2) is 6.79. The number of esters is 1. The quantitative estimate of drug-likeness (QED) is 0.423. The zero-order valence-corrected chi connectivity index (χ0v) is 12.2. The Morgan fingerprint density at radius 1 is 1.09 bits per heavy atom. The van der Waals surface area contributed by atoms with Gasteiger partial charge in [-0.3, -0.25) is 0 Å². The molecule has 0 atom stereocenters. The van der Waals surface area contributed by atoms with E-state index in [4.69, 9.17) is 4.74 Å². The average Bonchev–Trinajstić information content (AvgIpc) is 2.58. The maximum Gasteiger partial charge on any atom is 0.368 e. The van der Waals surface area contributed by atoms with Crippen molar-refractivity contribution in [3.8, 4) is 5.75 Å². The molecule has 0 saturated carbocycles. The third-order valence-electron chi connectivity index (χ3n) is 3.22. The van der Waals surface area contributed by atoms with Gasteiger partial charge in [0.1, 0.15) is 0 Å². The molecule has 0 aliphatic rings. The molecule has 0 amide bonds. The highest BCUT2D eigenvalue weighted by Crippen LogP contribution is 2.16. The summed E-state index contributed by atoms with van der Waals surface area (Å²) >= 11 is 0. The van der Waals surface area contributed by atoms with Gasteiger partial charge in [0.2, 0.25) is 11.9 Å². The normalized spacial score (nSPS) is 10.3. The van der Waals surface area contributed by atoms with E-state index in [1.807, 2.05) is 34.9 Å². The van der Waals surface area contributed by atoms with Crippen LogP contribution in [0.15, 0.2) is 73.2 Å². The maximum absolute atomic E-state index is 13.5. The van der Waals surface area contributed by atoms with Crippen molar-refractivity contribution < 1.29 is 18.5 Å². The molecule has 0 fully saturated rings. The molecule has 0 aliphatic carbocycles. The standard InChI is InChI=1S/C18H14FN2O2/c19-15-8-4-5-9-17(15)23-18(22)16-13-21(11-10-20-16)12-14-6-2-1-3-7-14/h1-11,13H,12H2/q+1. The zero-order valence-electron chi connectivity index (χ0n) is 12.2. The van der Waals surface area contributed by atoms with Gasteiger partial charge in [-0.2, -0.15) is 4.57 Å². The van der Waals surface area contributed by atoms with Crippen molar-refractivity contribution in [2.45, 2.75) is 6.54 Å². The Balaban J connectivity index is 1.77. The highest BCUT2D eigenvalue weighted by molar-refractivity contribution is 5.88. The van der Waals surface area contributed by atoms with Crippen LogP contribution < -0.4 is 9.30 Å². The second-order valence-corrected chi connectivity index (χ2v) is 4.92. The molecule has 2 aromatic carbocycles. The maximum atomic E-state index is 13.5. The number of hydrogen-bond donors (Lipinski definition) is 0. The number of benzene rings is 2. The van der Waals surface area contributed by atoms with Crippen LogP contribution in [0.2, 0.25) is 0 Å². The molecule has 1 heterocycles. The van der Waals surface area contributed by atoms with E-state index >= 15 is 0 Å². The molecule has 3 aromatic rings. The first-order valence-corrected chi connectivity index (χ1v) is 7.08. The summed E-state index contributed by atoms with van der Waals surface area (Å²) in [6, 6.07) is 15.6. The molecule has 1 aromatic heterocycles. The molecule has 23 heavy (non-hydrogen) atoms. The number of hydrogen-bond acceptors (Lipinski definition) is 3. The van der Waals surface area contributed by atoms with E-state index in [1.165, 1.54) is 24.4 Å². The number of carbonyl (C=O) groups is 1. The van der Waals surface area contributed by atoms with Crippen molar-refractivity contribution in [3.05, 3.63) is 90.3 Å². The molecule has 0 radical (unpaired) electrons. The average molecular weight is 309 g/mol. The summed E-state index contributed by atoms with van der Waals surface area (Å²) in [4.78, 5) is 16.1. The number of carbonyl (C=O) groups excluding carboxylic acids is 1. The van der Waals surface area contributed by atoms with Crippen molar-refractivity contribution in [1.82, 2.24) is 4.98 Å². The fraction of sp³-hybridized carbons (Fsp3) is 0.0556. The molecule has 0 N–H and O–H groups in total. The van der Waals surface area contributed by atoms with E-state index in [1.54, 1.807) is 18.5 Å². The molecule has 0 bridgehead atoms. The van der Waals surface area contributed by atoms with E-state index in [9.17, 15) is 9.18 Å². The Morgan fingerprint density at radius 2 is 1.83 bits per heavy atom. The summed E-state index contributed by atoms with van der Waals surface area (Å²) in [6.45, 7) is 0.601. The lowest BCUT2D eigenvalue weighted by atomic mass is 10.2. The lowest BCUT2D eigenvalue weighted by molar-refractivity contribution is -0.689. The number of halogens is 1. The van der Waals surface area contributed by atoms with Crippen molar-refractivity contribution in [3.63, 3.8) is 0 Å². The summed E-state index contributed by atoms with van der Waals surface area (Å²) in [7, 11) is 0. The van der Waals surface area contributed by atoms with E-state index < -0.39 is 11.8 Å². The van der Waals surface area contributed by atoms with E-state index in [0.717, 1.165) is 5.56 Å². The molecule has 3 rings (SSSR count). The third-order valence-corrected chi connectivity index (χ3v) is 3.22. The van der Waals surface area contributed by atoms with Gasteiger partial charge in [0.15, 0.2) is 24.3 Å². The van der Waals surface area contributed by atoms with Gasteiger partial charge < -0.3 is 4.74 Å². The first-order valence-electron chi connectivity index (χ1n) is 7.08. The smallest absolute Gasteiger partial charge is 0.368 e. The zero-order chi connectivity index (χ0) is 16.1. The van der Waals surface area contributed by atoms with Gasteiger partial charge in [0, 0.05) is 5.56 Å². The number of para-hydroxylation sites is 1. The van der Waals surface area contributed by atoms with Crippen LogP contribution >= 0.6 is 0 Å². The second-order valence-electron chi connectivity index (χ2n) is 4.92. The Hall–Kier alpha value is -3.08. The van der Waals surface area contributed by atoms with Crippen LogP contribution in [0.4, 0.5) is 4.39 Å². The molecule has 4 nitrogen and oxygen atoms in total. The van der Waals surface area contributed by atoms with Crippen LogP contribution in [0.1, 0.15) is 16.1 Å². The van der Waals surface area contributed by atoms with Crippen molar-refractivity contribution in [2.75, 3.05) is 0 Å². The van der Waals surface area contributed by atoms with Crippen LogP contribution in [-0.2, 0) is 6.54 Å². The molecular weight excluding hydrogens is 295 g/mol. The summed E-state index contributed by atoms with van der Waals surface area (Å²) < 4.78 is 20.4. The minimum atomic E-state index is -0.697. The molecule has 0 aliphatic heterocycles. The molecular formula is C18H14FN2O2+. The topological polar surface area (TPSA) is 43.1 Å². The van der Waals surface area contributed by atoms with Gasteiger partial charge >= 0.3 is 5.97 Å². The van der Waals surface area contributed by atoms with Crippen molar-refractivity contribution >= 4 is 5.97 Å². The first kappa shape index (κ1) is 14.8. The minimum Gasteiger partial charge on any atom is -0.418 e. The van der Waals surface area contributed by atoms with E-state index in [2.05, 4.69) is 4.98 Å². The third kappa shape index (κ3) is 3.77. The Bertz CT molecular complexity index is 822. The van der Waals surface area contributed by atoms with Crippen LogP contribution in [0.3, 0.4) is 0 Å². The molecule has 0 spiro atoms. The molecule has 0 unspecified atom stereocenters. The van der Waals surface area contributed by atoms with Crippen molar-refractivity contribution in [2.24, 2.45) is 0 Å². The van der Waals surface area contributed by atoms with Gasteiger partial charge in [-0.25, -0.2) is 14.2 Å². The van der Waals surface area contributed by atoms with Crippen molar-refractivity contribution in [1.29, 1.82) is 0 Å². The van der Waals surface area contributed by atoms with Crippen LogP contribution in [0.25, 0.3) is 0 Å². The summed E-state index contributed by atoms with van der Waals surface area (Å²) in [5, 5.41) is 0.